The lowest BCUT2D eigenvalue weighted by atomic mass is 10.1. The fourth-order valence-electron chi connectivity index (χ4n) is 4.38. The van der Waals surface area contributed by atoms with Gasteiger partial charge in [0.1, 0.15) is 11.8 Å². The van der Waals surface area contributed by atoms with Crippen molar-refractivity contribution >= 4 is 17.6 Å². The average Bonchev–Trinajstić information content (AvgIpc) is 2.99. The number of piperazine rings is 1. The fraction of sp³-hybridized carbons (Fsp3) is 0.417. The number of fused-ring (bicyclic) bond motifs is 1. The molecule has 2 aromatic carbocycles. The zero-order valence-corrected chi connectivity index (χ0v) is 18.2. The van der Waals surface area contributed by atoms with E-state index in [2.05, 4.69) is 35.3 Å². The first-order valence-electron chi connectivity index (χ1n) is 10.8. The van der Waals surface area contributed by atoms with E-state index in [0.29, 0.717) is 31.1 Å². The Morgan fingerprint density at radius 2 is 1.94 bits per heavy atom. The lowest BCUT2D eigenvalue weighted by molar-refractivity contribution is -0.142. The first kappa shape index (κ1) is 21.2. The van der Waals surface area contributed by atoms with Crippen LogP contribution in [-0.2, 0) is 11.3 Å². The summed E-state index contributed by atoms with van der Waals surface area (Å²) in [7, 11) is 1.60. The number of hydrogen-bond donors (Lipinski definition) is 1. The van der Waals surface area contributed by atoms with Crippen LogP contribution in [0, 0.1) is 6.92 Å². The van der Waals surface area contributed by atoms with Crippen LogP contribution in [0.15, 0.2) is 48.5 Å². The summed E-state index contributed by atoms with van der Waals surface area (Å²) in [5.74, 6) is 0.794. The van der Waals surface area contributed by atoms with Gasteiger partial charge in [-0.25, -0.2) is 4.79 Å². The molecule has 2 aliphatic rings. The lowest BCUT2D eigenvalue weighted by Crippen LogP contribution is -2.59. The van der Waals surface area contributed by atoms with Crippen molar-refractivity contribution in [1.82, 2.24) is 14.7 Å². The van der Waals surface area contributed by atoms with E-state index in [9.17, 15) is 9.59 Å². The fourth-order valence-corrected chi connectivity index (χ4v) is 4.38. The van der Waals surface area contributed by atoms with Crippen molar-refractivity contribution < 1.29 is 14.3 Å². The monoisotopic (exact) mass is 422 g/mol. The van der Waals surface area contributed by atoms with Gasteiger partial charge in [-0.05, 0) is 31.0 Å². The Balaban J connectivity index is 1.44. The summed E-state index contributed by atoms with van der Waals surface area (Å²) < 4.78 is 5.23. The van der Waals surface area contributed by atoms with E-state index in [1.165, 1.54) is 5.56 Å². The van der Waals surface area contributed by atoms with E-state index in [1.54, 1.807) is 18.1 Å². The van der Waals surface area contributed by atoms with Crippen LogP contribution in [0.2, 0.25) is 0 Å². The van der Waals surface area contributed by atoms with Crippen LogP contribution >= 0.6 is 0 Å². The standard InChI is InChI=1S/C24H30N4O3/c1-18-6-3-7-19(14-18)16-27-13-12-26-10-5-11-28(17-22(26)23(27)29)24(30)25-20-8-4-9-21(15-20)31-2/h3-4,6-9,14-15,22H,5,10-13,16-17H2,1-2H3,(H,25,30). The van der Waals surface area contributed by atoms with Crippen LogP contribution in [0.4, 0.5) is 10.5 Å². The summed E-state index contributed by atoms with van der Waals surface area (Å²) in [6.45, 7) is 6.10. The van der Waals surface area contributed by atoms with Crippen molar-refractivity contribution in [2.45, 2.75) is 25.9 Å². The number of benzene rings is 2. The van der Waals surface area contributed by atoms with Crippen molar-refractivity contribution in [3.05, 3.63) is 59.7 Å². The molecule has 4 rings (SSSR count). The highest BCUT2D eigenvalue weighted by Crippen LogP contribution is 2.21. The normalized spacial score (nSPS) is 19.5. The second-order valence-corrected chi connectivity index (χ2v) is 8.26. The van der Waals surface area contributed by atoms with Gasteiger partial charge in [-0.15, -0.1) is 0 Å². The van der Waals surface area contributed by atoms with E-state index >= 15 is 0 Å². The van der Waals surface area contributed by atoms with E-state index in [-0.39, 0.29) is 18.0 Å². The molecule has 0 radical (unpaired) electrons. The number of nitrogens with one attached hydrogen (secondary N) is 1. The zero-order valence-electron chi connectivity index (χ0n) is 18.2. The Hall–Kier alpha value is -3.06. The Kier molecular flexibility index (Phi) is 6.42. The quantitative estimate of drug-likeness (QED) is 0.823. The van der Waals surface area contributed by atoms with Crippen molar-refractivity contribution in [2.24, 2.45) is 0 Å². The van der Waals surface area contributed by atoms with Gasteiger partial charge >= 0.3 is 6.03 Å². The second kappa shape index (κ2) is 9.39. The summed E-state index contributed by atoms with van der Waals surface area (Å²) in [5.41, 5.74) is 3.02. The van der Waals surface area contributed by atoms with Gasteiger partial charge in [0.2, 0.25) is 5.91 Å². The molecule has 1 unspecified atom stereocenters. The van der Waals surface area contributed by atoms with Crippen molar-refractivity contribution in [3.8, 4) is 5.75 Å². The van der Waals surface area contributed by atoms with Gasteiger partial charge < -0.3 is 19.9 Å². The molecule has 2 heterocycles. The van der Waals surface area contributed by atoms with Crippen LogP contribution in [0.1, 0.15) is 17.5 Å². The molecule has 7 heteroatoms. The molecule has 0 aromatic heterocycles. The lowest BCUT2D eigenvalue weighted by Gasteiger charge is -2.40. The molecule has 2 fully saturated rings. The molecule has 2 aromatic rings. The third kappa shape index (κ3) is 4.99. The Morgan fingerprint density at radius 3 is 2.74 bits per heavy atom. The highest BCUT2D eigenvalue weighted by molar-refractivity contribution is 5.90. The molecule has 0 bridgehead atoms. The van der Waals surface area contributed by atoms with Gasteiger partial charge in [-0.1, -0.05) is 35.9 Å². The van der Waals surface area contributed by atoms with Gasteiger partial charge in [0.15, 0.2) is 0 Å². The summed E-state index contributed by atoms with van der Waals surface area (Å²) in [5, 5.41) is 2.95. The van der Waals surface area contributed by atoms with Crippen LogP contribution in [0.3, 0.4) is 0 Å². The summed E-state index contributed by atoms with van der Waals surface area (Å²) in [6.07, 6.45) is 0.854. The highest BCUT2D eigenvalue weighted by atomic mass is 16.5. The van der Waals surface area contributed by atoms with Crippen molar-refractivity contribution in [2.75, 3.05) is 45.2 Å². The molecular formula is C24H30N4O3. The number of amides is 3. The van der Waals surface area contributed by atoms with Gasteiger partial charge in [0, 0.05) is 51.0 Å². The zero-order chi connectivity index (χ0) is 21.8. The maximum Gasteiger partial charge on any atom is 0.321 e. The third-order valence-corrected chi connectivity index (χ3v) is 6.03. The van der Waals surface area contributed by atoms with Gasteiger partial charge in [0.05, 0.1) is 7.11 Å². The number of hydrogen-bond acceptors (Lipinski definition) is 4. The Bertz CT molecular complexity index is 948. The predicted molar refractivity (Wildman–Crippen MR) is 120 cm³/mol. The SMILES string of the molecule is COc1cccc(NC(=O)N2CCCN3CCN(Cc4cccc(C)c4)C(=O)C3C2)c1. The number of rotatable bonds is 4. The molecular weight excluding hydrogens is 392 g/mol. The number of ether oxygens (including phenoxy) is 1. The number of anilines is 1. The smallest absolute Gasteiger partial charge is 0.321 e. The molecule has 3 amide bonds. The average molecular weight is 423 g/mol. The largest absolute Gasteiger partial charge is 0.497 e. The summed E-state index contributed by atoms with van der Waals surface area (Å²) >= 11 is 0. The number of carbonyl (C=O) groups is 2. The van der Waals surface area contributed by atoms with Gasteiger partial charge in [-0.3, -0.25) is 9.69 Å². The predicted octanol–water partition coefficient (Wildman–Crippen LogP) is 2.95. The van der Waals surface area contributed by atoms with E-state index in [0.717, 1.165) is 31.6 Å². The molecule has 2 aliphatic heterocycles. The van der Waals surface area contributed by atoms with Crippen LogP contribution in [0.5, 0.6) is 5.75 Å². The number of carbonyl (C=O) groups excluding carboxylic acids is 2. The number of methoxy groups -OCH3 is 1. The van der Waals surface area contributed by atoms with Crippen molar-refractivity contribution in [3.63, 3.8) is 0 Å². The summed E-state index contributed by atoms with van der Waals surface area (Å²) in [4.78, 5) is 32.2. The van der Waals surface area contributed by atoms with E-state index < -0.39 is 0 Å². The van der Waals surface area contributed by atoms with Gasteiger partial charge in [0.25, 0.3) is 0 Å². The maximum atomic E-state index is 13.3. The summed E-state index contributed by atoms with van der Waals surface area (Å²) in [6, 6.07) is 15.1. The minimum Gasteiger partial charge on any atom is -0.497 e. The van der Waals surface area contributed by atoms with Crippen LogP contribution < -0.4 is 10.1 Å². The third-order valence-electron chi connectivity index (χ3n) is 6.03. The number of nitrogens with zero attached hydrogens (tertiary/aromatic N) is 3. The first-order valence-corrected chi connectivity index (χ1v) is 10.8. The highest BCUT2D eigenvalue weighted by Gasteiger charge is 2.38. The van der Waals surface area contributed by atoms with Crippen LogP contribution in [-0.4, -0.2) is 72.5 Å². The number of urea groups is 1. The molecule has 2 saturated heterocycles. The molecule has 31 heavy (non-hydrogen) atoms. The topological polar surface area (TPSA) is 65.1 Å². The molecule has 0 saturated carbocycles. The van der Waals surface area contributed by atoms with E-state index in [4.69, 9.17) is 4.74 Å². The molecule has 0 spiro atoms. The molecule has 1 atom stereocenters. The minimum absolute atomic E-state index is 0.105. The van der Waals surface area contributed by atoms with Crippen molar-refractivity contribution in [1.29, 1.82) is 0 Å². The Labute approximate surface area is 183 Å². The van der Waals surface area contributed by atoms with E-state index in [1.807, 2.05) is 29.2 Å². The second-order valence-electron chi connectivity index (χ2n) is 8.26. The first-order chi connectivity index (χ1) is 15.0. The number of aryl methyl sites for hydroxylation is 1. The molecule has 0 aliphatic carbocycles. The van der Waals surface area contributed by atoms with Crippen LogP contribution in [0.25, 0.3) is 0 Å². The molecule has 164 valence electrons. The van der Waals surface area contributed by atoms with Gasteiger partial charge in [-0.2, -0.15) is 0 Å². The molecule has 7 nitrogen and oxygen atoms in total. The maximum absolute atomic E-state index is 13.3. The molecule has 1 N–H and O–H groups in total. The minimum atomic E-state index is -0.294. The Morgan fingerprint density at radius 1 is 1.10 bits per heavy atom.